The van der Waals surface area contributed by atoms with Crippen molar-refractivity contribution < 1.29 is 32.4 Å². The third-order valence-corrected chi connectivity index (χ3v) is 4.25. The number of nitro groups is 1. The first-order valence-electron chi connectivity index (χ1n) is 9.08. The average molecular weight is 450 g/mol. The van der Waals surface area contributed by atoms with E-state index >= 15 is 0 Å². The van der Waals surface area contributed by atoms with Crippen LogP contribution in [0.15, 0.2) is 48.5 Å². The number of halogens is 3. The van der Waals surface area contributed by atoms with Crippen LogP contribution in [0.2, 0.25) is 0 Å². The van der Waals surface area contributed by atoms with Crippen LogP contribution >= 0.6 is 0 Å². The largest absolute Gasteiger partial charge is 0.497 e. The minimum Gasteiger partial charge on any atom is -0.497 e. The second-order valence-electron chi connectivity index (χ2n) is 6.62. The lowest BCUT2D eigenvalue weighted by molar-refractivity contribution is -0.384. The molecule has 0 bridgehead atoms. The topological polar surface area (TPSA) is 109 Å². The smallest absolute Gasteiger partial charge is 0.435 e. The van der Waals surface area contributed by atoms with Crippen LogP contribution in [0, 0.1) is 17.0 Å². The molecule has 0 aliphatic heterocycles. The second kappa shape index (κ2) is 8.96. The van der Waals surface area contributed by atoms with Gasteiger partial charge in [-0.1, -0.05) is 0 Å². The van der Waals surface area contributed by atoms with Gasteiger partial charge < -0.3 is 14.8 Å². The predicted octanol–water partition coefficient (Wildman–Crippen LogP) is 4.56. The summed E-state index contributed by atoms with van der Waals surface area (Å²) in [6, 6.07) is 10.9. The molecule has 0 saturated heterocycles. The first-order chi connectivity index (χ1) is 15.0. The molecule has 1 N–H and O–H groups in total. The van der Waals surface area contributed by atoms with E-state index in [9.17, 15) is 28.1 Å². The molecule has 1 amide bonds. The van der Waals surface area contributed by atoms with Crippen molar-refractivity contribution in [1.82, 2.24) is 9.78 Å². The Hall–Kier alpha value is -4.09. The SMILES string of the molecule is COc1ccc(Oc2cc(NC(=O)Cn3nc(C(F)(F)F)cc3C)cc([N+](=O)[O-])c2)cc1. The number of hydrogen-bond donors (Lipinski definition) is 1. The Kier molecular flexibility index (Phi) is 6.32. The number of ether oxygens (including phenoxy) is 2. The summed E-state index contributed by atoms with van der Waals surface area (Å²) in [5.41, 5.74) is -1.29. The van der Waals surface area contributed by atoms with Crippen molar-refractivity contribution in [2.24, 2.45) is 0 Å². The molecule has 0 unspecified atom stereocenters. The zero-order valence-electron chi connectivity index (χ0n) is 16.8. The van der Waals surface area contributed by atoms with Crippen molar-refractivity contribution in [3.63, 3.8) is 0 Å². The van der Waals surface area contributed by atoms with E-state index in [1.165, 1.54) is 26.2 Å². The first kappa shape index (κ1) is 22.6. The Morgan fingerprint density at radius 2 is 1.78 bits per heavy atom. The number of methoxy groups -OCH3 is 1. The number of nitro benzene ring substituents is 1. The van der Waals surface area contributed by atoms with Gasteiger partial charge in [-0.25, -0.2) is 0 Å². The fourth-order valence-electron chi connectivity index (χ4n) is 2.74. The molecule has 32 heavy (non-hydrogen) atoms. The Bertz CT molecular complexity index is 1140. The number of amides is 1. The summed E-state index contributed by atoms with van der Waals surface area (Å²) in [7, 11) is 1.50. The van der Waals surface area contributed by atoms with Crippen molar-refractivity contribution >= 4 is 17.3 Å². The fraction of sp³-hybridized carbons (Fsp3) is 0.200. The average Bonchev–Trinajstić information content (AvgIpc) is 3.09. The lowest BCUT2D eigenvalue weighted by Gasteiger charge is -2.10. The molecule has 168 valence electrons. The number of non-ortho nitro benzene ring substituents is 1. The van der Waals surface area contributed by atoms with Crippen LogP contribution in [0.4, 0.5) is 24.5 Å². The van der Waals surface area contributed by atoms with Gasteiger partial charge in [-0.15, -0.1) is 0 Å². The second-order valence-corrected chi connectivity index (χ2v) is 6.62. The summed E-state index contributed by atoms with van der Waals surface area (Å²) in [6.45, 7) is 0.864. The highest BCUT2D eigenvalue weighted by Gasteiger charge is 2.34. The molecular formula is C20H17F3N4O5. The Balaban J connectivity index is 1.78. The monoisotopic (exact) mass is 450 g/mol. The highest BCUT2D eigenvalue weighted by molar-refractivity contribution is 5.91. The standard InChI is InChI=1S/C20H17F3N4O5/c1-12-7-18(20(21,22)23)25-26(12)11-19(28)24-13-8-14(27(29)30)10-17(9-13)32-16-5-3-15(31-2)4-6-16/h3-10H,11H2,1-2H3,(H,24,28). The van der Waals surface area contributed by atoms with Gasteiger partial charge in [-0.2, -0.15) is 18.3 Å². The molecule has 3 aromatic rings. The third kappa shape index (κ3) is 5.53. The number of aryl methyl sites for hydroxylation is 1. The van der Waals surface area contributed by atoms with Gasteiger partial charge in [0.15, 0.2) is 5.69 Å². The minimum atomic E-state index is -4.64. The van der Waals surface area contributed by atoms with Crippen LogP contribution in [-0.4, -0.2) is 27.7 Å². The first-order valence-corrected chi connectivity index (χ1v) is 9.08. The predicted molar refractivity (Wildman–Crippen MR) is 107 cm³/mol. The molecule has 1 aromatic heterocycles. The van der Waals surface area contributed by atoms with E-state index in [0.29, 0.717) is 11.5 Å². The number of nitrogens with zero attached hydrogens (tertiary/aromatic N) is 3. The number of carbonyl (C=O) groups is 1. The summed E-state index contributed by atoms with van der Waals surface area (Å²) < 4.78 is 49.9. The highest BCUT2D eigenvalue weighted by atomic mass is 19.4. The fourth-order valence-corrected chi connectivity index (χ4v) is 2.74. The van der Waals surface area contributed by atoms with Gasteiger partial charge in [0.2, 0.25) is 5.91 Å². The number of alkyl halides is 3. The maximum absolute atomic E-state index is 12.8. The Morgan fingerprint density at radius 1 is 1.12 bits per heavy atom. The van der Waals surface area contributed by atoms with Crippen LogP contribution in [-0.2, 0) is 17.5 Å². The van der Waals surface area contributed by atoms with Gasteiger partial charge in [-0.3, -0.25) is 19.6 Å². The maximum atomic E-state index is 12.8. The molecule has 0 aliphatic rings. The van der Waals surface area contributed by atoms with E-state index < -0.39 is 29.2 Å². The molecule has 0 fully saturated rings. The van der Waals surface area contributed by atoms with Gasteiger partial charge in [0, 0.05) is 17.8 Å². The van der Waals surface area contributed by atoms with Gasteiger partial charge >= 0.3 is 6.18 Å². The summed E-state index contributed by atoms with van der Waals surface area (Å²) in [4.78, 5) is 22.9. The Labute approximate surface area is 179 Å². The van der Waals surface area contributed by atoms with E-state index in [1.807, 2.05) is 0 Å². The maximum Gasteiger partial charge on any atom is 0.435 e. The third-order valence-electron chi connectivity index (χ3n) is 4.25. The van der Waals surface area contributed by atoms with Gasteiger partial charge in [0.1, 0.15) is 23.8 Å². The molecule has 0 saturated carbocycles. The number of nitrogens with one attached hydrogen (secondary N) is 1. The Morgan fingerprint density at radius 3 is 2.34 bits per heavy atom. The summed E-state index contributed by atoms with van der Waals surface area (Å²) in [5, 5.41) is 17.1. The van der Waals surface area contributed by atoms with Gasteiger partial charge in [0.25, 0.3) is 5.69 Å². The molecule has 2 aromatic carbocycles. The van der Waals surface area contributed by atoms with Crippen LogP contribution in [0.1, 0.15) is 11.4 Å². The number of carbonyl (C=O) groups excluding carboxylic acids is 1. The number of benzene rings is 2. The molecule has 0 atom stereocenters. The minimum absolute atomic E-state index is 0.0357. The van der Waals surface area contributed by atoms with Gasteiger partial charge in [-0.05, 0) is 37.3 Å². The van der Waals surface area contributed by atoms with Crippen molar-refractivity contribution in [3.05, 3.63) is 70.0 Å². The van der Waals surface area contributed by atoms with E-state index in [1.54, 1.807) is 24.3 Å². The normalized spacial score (nSPS) is 11.2. The zero-order valence-corrected chi connectivity index (χ0v) is 16.8. The van der Waals surface area contributed by atoms with Crippen LogP contribution < -0.4 is 14.8 Å². The van der Waals surface area contributed by atoms with Crippen LogP contribution in [0.25, 0.3) is 0 Å². The molecule has 0 spiro atoms. The molecular weight excluding hydrogens is 433 g/mol. The molecule has 0 aliphatic carbocycles. The molecule has 0 radical (unpaired) electrons. The summed E-state index contributed by atoms with van der Waals surface area (Å²) in [5.74, 6) is 0.317. The highest BCUT2D eigenvalue weighted by Crippen LogP contribution is 2.31. The summed E-state index contributed by atoms with van der Waals surface area (Å²) >= 11 is 0. The van der Waals surface area contributed by atoms with Crippen molar-refractivity contribution in [1.29, 1.82) is 0 Å². The van der Waals surface area contributed by atoms with E-state index in [0.717, 1.165) is 16.8 Å². The number of rotatable bonds is 7. The van der Waals surface area contributed by atoms with Crippen LogP contribution in [0.3, 0.4) is 0 Å². The van der Waals surface area contributed by atoms with Crippen molar-refractivity contribution in [2.75, 3.05) is 12.4 Å². The van der Waals surface area contributed by atoms with E-state index in [4.69, 9.17) is 9.47 Å². The van der Waals surface area contributed by atoms with E-state index in [-0.39, 0.29) is 22.8 Å². The van der Waals surface area contributed by atoms with Gasteiger partial charge in [0.05, 0.1) is 23.8 Å². The molecule has 9 nitrogen and oxygen atoms in total. The number of hydrogen-bond acceptors (Lipinski definition) is 6. The lowest BCUT2D eigenvalue weighted by Crippen LogP contribution is -2.21. The molecule has 3 rings (SSSR count). The number of anilines is 1. The number of aromatic nitrogens is 2. The van der Waals surface area contributed by atoms with E-state index in [2.05, 4.69) is 10.4 Å². The van der Waals surface area contributed by atoms with Crippen molar-refractivity contribution in [2.45, 2.75) is 19.6 Å². The van der Waals surface area contributed by atoms with Crippen molar-refractivity contribution in [3.8, 4) is 17.2 Å². The lowest BCUT2D eigenvalue weighted by atomic mass is 10.2. The zero-order chi connectivity index (χ0) is 23.5. The molecule has 1 heterocycles. The van der Waals surface area contributed by atoms with Crippen LogP contribution in [0.5, 0.6) is 17.2 Å². The summed E-state index contributed by atoms with van der Waals surface area (Å²) in [6.07, 6.45) is -4.64. The quantitative estimate of drug-likeness (QED) is 0.418. The molecule has 12 heteroatoms.